The van der Waals surface area contributed by atoms with Gasteiger partial charge < -0.3 is 18.8 Å². The van der Waals surface area contributed by atoms with E-state index in [1.165, 1.54) is 0 Å². The van der Waals surface area contributed by atoms with E-state index in [0.717, 1.165) is 28.9 Å². The van der Waals surface area contributed by atoms with E-state index in [2.05, 4.69) is 12.1 Å². The number of hydrogen-bond donors (Lipinski definition) is 0. The molecule has 0 spiro atoms. The number of carbonyl (C=O) groups excluding carboxylic acids is 1. The molecule has 154 valence electrons. The molecule has 30 heavy (non-hydrogen) atoms. The first-order chi connectivity index (χ1) is 14.6. The summed E-state index contributed by atoms with van der Waals surface area (Å²) in [5.41, 5.74) is 3.28. The van der Waals surface area contributed by atoms with Crippen molar-refractivity contribution in [1.82, 2.24) is 4.90 Å². The Balaban J connectivity index is 1.74. The highest BCUT2D eigenvalue weighted by molar-refractivity contribution is 5.92. The molecule has 0 unspecified atom stereocenters. The molecule has 1 aliphatic heterocycles. The highest BCUT2D eigenvalue weighted by Gasteiger charge is 2.32. The molecule has 5 heteroatoms. The van der Waals surface area contributed by atoms with Crippen molar-refractivity contribution in [3.8, 4) is 11.5 Å². The van der Waals surface area contributed by atoms with E-state index in [0.29, 0.717) is 23.8 Å². The molecular weight excluding hydrogens is 378 g/mol. The van der Waals surface area contributed by atoms with E-state index < -0.39 is 0 Å². The highest BCUT2D eigenvalue weighted by atomic mass is 16.5. The van der Waals surface area contributed by atoms with Gasteiger partial charge in [0.25, 0.3) is 0 Å². The number of furan rings is 1. The molecule has 0 N–H and O–H groups in total. The third-order valence-electron chi connectivity index (χ3n) is 5.42. The van der Waals surface area contributed by atoms with Gasteiger partial charge >= 0.3 is 0 Å². The number of methoxy groups -OCH3 is 2. The number of rotatable bonds is 5. The lowest BCUT2D eigenvalue weighted by molar-refractivity contribution is -0.128. The highest BCUT2D eigenvalue weighted by Crippen LogP contribution is 2.41. The number of benzene rings is 2. The van der Waals surface area contributed by atoms with Crippen LogP contribution in [0.1, 0.15) is 34.3 Å². The largest absolute Gasteiger partial charge is 0.493 e. The van der Waals surface area contributed by atoms with Gasteiger partial charge in [-0.2, -0.15) is 0 Å². The zero-order chi connectivity index (χ0) is 21.1. The lowest BCUT2D eigenvalue weighted by atomic mass is 9.87. The van der Waals surface area contributed by atoms with Crippen molar-refractivity contribution >= 4 is 12.0 Å². The lowest BCUT2D eigenvalue weighted by Gasteiger charge is -2.37. The first-order valence-corrected chi connectivity index (χ1v) is 9.95. The summed E-state index contributed by atoms with van der Waals surface area (Å²) in [5.74, 6) is 2.79. The van der Waals surface area contributed by atoms with Crippen molar-refractivity contribution in [1.29, 1.82) is 0 Å². The predicted octanol–water partition coefficient (Wildman–Crippen LogP) is 4.79. The quantitative estimate of drug-likeness (QED) is 0.575. The van der Waals surface area contributed by atoms with E-state index in [9.17, 15) is 4.79 Å². The summed E-state index contributed by atoms with van der Waals surface area (Å²) < 4.78 is 16.6. The molecular formula is C25H25NO4. The molecule has 0 saturated heterocycles. The number of nitrogens with zero attached hydrogens (tertiary/aromatic N) is 1. The van der Waals surface area contributed by atoms with Crippen molar-refractivity contribution in [3.05, 3.63) is 88.9 Å². The minimum atomic E-state index is -0.203. The number of amides is 1. The van der Waals surface area contributed by atoms with E-state index in [4.69, 9.17) is 13.9 Å². The minimum absolute atomic E-state index is 0.0571. The van der Waals surface area contributed by atoms with Crippen LogP contribution >= 0.6 is 0 Å². The predicted molar refractivity (Wildman–Crippen MR) is 116 cm³/mol. The fourth-order valence-electron chi connectivity index (χ4n) is 3.97. The van der Waals surface area contributed by atoms with Crippen LogP contribution in [0.25, 0.3) is 6.08 Å². The maximum absolute atomic E-state index is 13.2. The lowest BCUT2D eigenvalue weighted by Crippen LogP contribution is -2.39. The van der Waals surface area contributed by atoms with Crippen molar-refractivity contribution in [2.45, 2.75) is 19.4 Å². The summed E-state index contributed by atoms with van der Waals surface area (Å²) in [6.45, 7) is 2.50. The Kier molecular flexibility index (Phi) is 5.61. The van der Waals surface area contributed by atoms with Gasteiger partial charge in [-0.05, 0) is 60.4 Å². The third kappa shape index (κ3) is 3.83. The monoisotopic (exact) mass is 403 g/mol. The number of carbonyl (C=O) groups is 1. The fourth-order valence-corrected chi connectivity index (χ4v) is 3.97. The normalized spacial score (nSPS) is 15.8. The second-order valence-electron chi connectivity index (χ2n) is 7.28. The fraction of sp³-hybridized carbons (Fsp3) is 0.240. The van der Waals surface area contributed by atoms with E-state index >= 15 is 0 Å². The molecule has 1 aliphatic rings. The summed E-state index contributed by atoms with van der Waals surface area (Å²) in [6, 6.07) is 17.6. The molecule has 2 aromatic carbocycles. The summed E-state index contributed by atoms with van der Waals surface area (Å²) in [5, 5.41) is 0. The van der Waals surface area contributed by atoms with Gasteiger partial charge in [0.2, 0.25) is 5.91 Å². The summed E-state index contributed by atoms with van der Waals surface area (Å²) in [7, 11) is 3.26. The van der Waals surface area contributed by atoms with Gasteiger partial charge in [0.05, 0.1) is 20.3 Å². The summed E-state index contributed by atoms with van der Waals surface area (Å²) in [6.07, 6.45) is 4.06. The Morgan fingerprint density at radius 3 is 2.47 bits per heavy atom. The van der Waals surface area contributed by atoms with Crippen molar-refractivity contribution in [2.75, 3.05) is 20.8 Å². The second-order valence-corrected chi connectivity index (χ2v) is 7.28. The van der Waals surface area contributed by atoms with Crippen molar-refractivity contribution in [2.24, 2.45) is 0 Å². The van der Waals surface area contributed by atoms with E-state index in [-0.39, 0.29) is 11.9 Å². The average Bonchev–Trinajstić information content (AvgIpc) is 3.21. The van der Waals surface area contributed by atoms with Crippen molar-refractivity contribution in [3.63, 3.8) is 0 Å². The van der Waals surface area contributed by atoms with Gasteiger partial charge in [-0.15, -0.1) is 0 Å². The second kappa shape index (κ2) is 8.49. The smallest absolute Gasteiger partial charge is 0.247 e. The van der Waals surface area contributed by atoms with Crippen LogP contribution in [0.4, 0.5) is 0 Å². The average molecular weight is 403 g/mol. The Hall–Kier alpha value is -3.47. The number of hydrogen-bond acceptors (Lipinski definition) is 4. The third-order valence-corrected chi connectivity index (χ3v) is 5.42. The molecule has 1 atom stereocenters. The van der Waals surface area contributed by atoms with Crippen LogP contribution in [-0.4, -0.2) is 31.6 Å². The number of aryl methyl sites for hydroxylation is 1. The standard InChI is InChI=1S/C25H25NO4/c1-17-9-10-20(30-17)11-12-24(27)26-14-13-19-15-22(28-2)23(29-3)16-21(19)25(26)18-7-5-4-6-8-18/h4-12,15-16,25H,13-14H2,1-3H3/b12-11+/t25-/m1/s1. The summed E-state index contributed by atoms with van der Waals surface area (Å²) >= 11 is 0. The number of fused-ring (bicyclic) bond motifs is 1. The Morgan fingerprint density at radius 1 is 1.07 bits per heavy atom. The van der Waals surface area contributed by atoms with Gasteiger partial charge in [0.15, 0.2) is 11.5 Å². The van der Waals surface area contributed by atoms with Crippen LogP contribution in [0, 0.1) is 6.92 Å². The Labute approximate surface area is 176 Å². The van der Waals surface area contributed by atoms with Crippen LogP contribution in [-0.2, 0) is 11.2 Å². The Morgan fingerprint density at radius 2 is 1.80 bits per heavy atom. The SMILES string of the molecule is COc1cc2c(cc1OC)[C@@H](c1ccccc1)N(C(=O)/C=C/c1ccc(C)o1)CC2. The molecule has 4 rings (SSSR count). The van der Waals surface area contributed by atoms with Gasteiger partial charge in [0, 0.05) is 12.6 Å². The molecule has 1 amide bonds. The van der Waals surface area contributed by atoms with Gasteiger partial charge in [-0.3, -0.25) is 4.79 Å². The topological polar surface area (TPSA) is 51.9 Å². The zero-order valence-corrected chi connectivity index (χ0v) is 17.4. The van der Waals surface area contributed by atoms with E-state index in [1.54, 1.807) is 26.4 Å². The van der Waals surface area contributed by atoms with Crippen LogP contribution in [0.3, 0.4) is 0 Å². The van der Waals surface area contributed by atoms with Gasteiger partial charge in [0.1, 0.15) is 11.5 Å². The maximum Gasteiger partial charge on any atom is 0.247 e. The molecule has 3 aromatic rings. The van der Waals surface area contributed by atoms with Crippen molar-refractivity contribution < 1.29 is 18.7 Å². The molecule has 0 fully saturated rings. The molecule has 0 saturated carbocycles. The molecule has 5 nitrogen and oxygen atoms in total. The van der Waals surface area contributed by atoms with Gasteiger partial charge in [-0.25, -0.2) is 0 Å². The van der Waals surface area contributed by atoms with Crippen LogP contribution < -0.4 is 9.47 Å². The molecule has 2 heterocycles. The first kappa shape index (κ1) is 19.8. The molecule has 1 aromatic heterocycles. The Bertz CT molecular complexity index is 1070. The molecule has 0 radical (unpaired) electrons. The first-order valence-electron chi connectivity index (χ1n) is 9.95. The van der Waals surface area contributed by atoms with Crippen LogP contribution in [0.15, 0.2) is 65.1 Å². The zero-order valence-electron chi connectivity index (χ0n) is 17.4. The molecule has 0 aliphatic carbocycles. The maximum atomic E-state index is 13.2. The van der Waals surface area contributed by atoms with Crippen LogP contribution in [0.2, 0.25) is 0 Å². The van der Waals surface area contributed by atoms with Crippen LogP contribution in [0.5, 0.6) is 11.5 Å². The van der Waals surface area contributed by atoms with Gasteiger partial charge in [-0.1, -0.05) is 30.3 Å². The minimum Gasteiger partial charge on any atom is -0.493 e. The summed E-state index contributed by atoms with van der Waals surface area (Å²) in [4.78, 5) is 15.1. The molecule has 0 bridgehead atoms. The van der Waals surface area contributed by atoms with E-state index in [1.807, 2.05) is 54.3 Å². The number of ether oxygens (including phenoxy) is 2.